The van der Waals surface area contributed by atoms with Gasteiger partial charge >= 0.3 is 0 Å². The number of imidazole rings is 1. The van der Waals surface area contributed by atoms with E-state index in [1.54, 1.807) is 35.9 Å². The lowest BCUT2D eigenvalue weighted by Crippen LogP contribution is -2.23. The van der Waals surface area contributed by atoms with Crippen LogP contribution in [0, 0.1) is 0 Å². The molecule has 0 aliphatic carbocycles. The molecule has 2 heterocycles. The van der Waals surface area contributed by atoms with Crippen LogP contribution in [0.5, 0.6) is 5.75 Å². The highest BCUT2D eigenvalue weighted by molar-refractivity contribution is 7.89. The van der Waals surface area contributed by atoms with Gasteiger partial charge in [-0.1, -0.05) is 6.07 Å². The number of carbonyl (C=O) groups excluding carboxylic acids is 1. The van der Waals surface area contributed by atoms with E-state index >= 15 is 0 Å². The minimum atomic E-state index is -3.74. The van der Waals surface area contributed by atoms with Gasteiger partial charge in [0.1, 0.15) is 22.0 Å². The van der Waals surface area contributed by atoms with E-state index in [2.05, 4.69) is 10.3 Å². The summed E-state index contributed by atoms with van der Waals surface area (Å²) in [5, 5.41) is 2.69. The molecule has 0 spiro atoms. The van der Waals surface area contributed by atoms with Crippen LogP contribution in [0.15, 0.2) is 53.7 Å². The molecule has 0 bridgehead atoms. The molecule has 0 radical (unpaired) electrons. The van der Waals surface area contributed by atoms with E-state index in [-0.39, 0.29) is 16.3 Å². The minimum Gasteiger partial charge on any atom is -0.492 e. The Morgan fingerprint density at radius 1 is 1.26 bits per heavy atom. The first kappa shape index (κ1) is 18.9. The zero-order chi connectivity index (χ0) is 19.6. The normalized spacial score (nSPS) is 11.7. The van der Waals surface area contributed by atoms with Gasteiger partial charge in [-0.2, -0.15) is 0 Å². The Morgan fingerprint density at radius 3 is 2.70 bits per heavy atom. The molecule has 3 rings (SSSR count). The summed E-state index contributed by atoms with van der Waals surface area (Å²) in [5.41, 5.74) is 1.21. The number of rotatable bonds is 6. The number of pyridine rings is 1. The second kappa shape index (κ2) is 7.37. The number of carbonyl (C=O) groups is 1. The maximum atomic E-state index is 12.6. The second-order valence-electron chi connectivity index (χ2n) is 5.93. The molecule has 0 aliphatic heterocycles. The van der Waals surface area contributed by atoms with Gasteiger partial charge in [-0.3, -0.25) is 4.79 Å². The highest BCUT2D eigenvalue weighted by atomic mass is 32.2. The number of ether oxygens (including phenoxy) is 1. The summed E-state index contributed by atoms with van der Waals surface area (Å²) in [6.45, 7) is 2.09. The van der Waals surface area contributed by atoms with E-state index in [4.69, 9.17) is 4.74 Å². The molecule has 1 aromatic carbocycles. The molecule has 0 atom stereocenters. The molecule has 1 amide bonds. The Hall–Kier alpha value is -2.91. The smallest absolute Gasteiger partial charge is 0.275 e. The number of hydrogen-bond acceptors (Lipinski definition) is 5. The average Bonchev–Trinajstić information content (AvgIpc) is 3.07. The standard InChI is InChI=1S/C18H20N4O4S/c1-4-26-15-9-8-13(11-16(15)27(24,25)21(2)3)19-18(23)14-12-22-10-6-5-7-17(22)20-14/h5-12H,4H2,1-3H3,(H,19,23). The van der Waals surface area contributed by atoms with Gasteiger partial charge in [-0.25, -0.2) is 17.7 Å². The van der Waals surface area contributed by atoms with Crippen molar-refractivity contribution in [2.45, 2.75) is 11.8 Å². The average molecular weight is 388 g/mol. The highest BCUT2D eigenvalue weighted by Gasteiger charge is 2.23. The Labute approximate surface area is 157 Å². The highest BCUT2D eigenvalue weighted by Crippen LogP contribution is 2.29. The van der Waals surface area contributed by atoms with Crippen LogP contribution in [-0.4, -0.2) is 48.7 Å². The Kier molecular flexibility index (Phi) is 5.15. The molecular formula is C18H20N4O4S. The molecule has 142 valence electrons. The molecular weight excluding hydrogens is 368 g/mol. The number of amides is 1. The quantitative estimate of drug-likeness (QED) is 0.699. The van der Waals surface area contributed by atoms with Crippen molar-refractivity contribution < 1.29 is 17.9 Å². The van der Waals surface area contributed by atoms with Crippen LogP contribution in [0.2, 0.25) is 0 Å². The fourth-order valence-corrected chi connectivity index (χ4v) is 3.55. The van der Waals surface area contributed by atoms with Crippen LogP contribution in [0.3, 0.4) is 0 Å². The topological polar surface area (TPSA) is 93.0 Å². The van der Waals surface area contributed by atoms with Gasteiger partial charge in [0.2, 0.25) is 10.0 Å². The van der Waals surface area contributed by atoms with Gasteiger partial charge in [0, 0.05) is 32.2 Å². The summed E-state index contributed by atoms with van der Waals surface area (Å²) in [4.78, 5) is 16.8. The van der Waals surface area contributed by atoms with Gasteiger partial charge in [0.25, 0.3) is 5.91 Å². The third-order valence-corrected chi connectivity index (χ3v) is 5.69. The number of fused-ring (bicyclic) bond motifs is 1. The molecule has 8 nitrogen and oxygen atoms in total. The zero-order valence-corrected chi connectivity index (χ0v) is 16.0. The summed E-state index contributed by atoms with van der Waals surface area (Å²) in [6.07, 6.45) is 3.40. The third-order valence-electron chi connectivity index (χ3n) is 3.86. The van der Waals surface area contributed by atoms with Gasteiger partial charge in [0.05, 0.1) is 6.61 Å². The number of nitrogens with one attached hydrogen (secondary N) is 1. The Morgan fingerprint density at radius 2 is 2.04 bits per heavy atom. The molecule has 0 aliphatic rings. The number of benzene rings is 1. The fraction of sp³-hybridized carbons (Fsp3) is 0.222. The number of anilines is 1. The molecule has 2 aromatic heterocycles. The van der Waals surface area contributed by atoms with E-state index < -0.39 is 15.9 Å². The predicted molar refractivity (Wildman–Crippen MR) is 102 cm³/mol. The van der Waals surface area contributed by atoms with E-state index in [1.165, 1.54) is 26.2 Å². The lowest BCUT2D eigenvalue weighted by atomic mass is 10.3. The van der Waals surface area contributed by atoms with Gasteiger partial charge < -0.3 is 14.5 Å². The van der Waals surface area contributed by atoms with Crippen LogP contribution in [0.4, 0.5) is 5.69 Å². The molecule has 0 saturated carbocycles. The van der Waals surface area contributed by atoms with Crippen molar-refractivity contribution in [2.24, 2.45) is 0 Å². The lowest BCUT2D eigenvalue weighted by Gasteiger charge is -2.16. The monoisotopic (exact) mass is 388 g/mol. The predicted octanol–water partition coefficient (Wildman–Crippen LogP) is 2.24. The molecule has 0 saturated heterocycles. The number of nitrogens with zero attached hydrogens (tertiary/aromatic N) is 3. The Bertz CT molecular complexity index is 1060. The van der Waals surface area contributed by atoms with Crippen LogP contribution in [0.25, 0.3) is 5.65 Å². The number of hydrogen-bond donors (Lipinski definition) is 1. The molecule has 3 aromatic rings. The van der Waals surface area contributed by atoms with Gasteiger partial charge in [0.15, 0.2) is 0 Å². The van der Waals surface area contributed by atoms with Crippen molar-refractivity contribution in [1.29, 1.82) is 0 Å². The van der Waals surface area contributed by atoms with Gasteiger partial charge in [-0.15, -0.1) is 0 Å². The molecule has 0 unspecified atom stereocenters. The first-order valence-electron chi connectivity index (χ1n) is 8.27. The van der Waals surface area contributed by atoms with Crippen molar-refractivity contribution in [3.63, 3.8) is 0 Å². The van der Waals surface area contributed by atoms with Crippen molar-refractivity contribution in [2.75, 3.05) is 26.0 Å². The third kappa shape index (κ3) is 3.79. The lowest BCUT2D eigenvalue weighted by molar-refractivity contribution is 0.102. The van der Waals surface area contributed by atoms with E-state index in [1.807, 2.05) is 12.1 Å². The summed E-state index contributed by atoms with van der Waals surface area (Å²) >= 11 is 0. The zero-order valence-electron chi connectivity index (χ0n) is 15.2. The summed E-state index contributed by atoms with van der Waals surface area (Å²) < 4.78 is 33.4. The largest absolute Gasteiger partial charge is 0.492 e. The van der Waals surface area contributed by atoms with E-state index in [0.29, 0.717) is 17.9 Å². The number of aromatic nitrogens is 2. The maximum Gasteiger partial charge on any atom is 0.275 e. The van der Waals surface area contributed by atoms with Crippen LogP contribution < -0.4 is 10.1 Å². The van der Waals surface area contributed by atoms with Crippen LogP contribution in [0.1, 0.15) is 17.4 Å². The molecule has 9 heteroatoms. The maximum absolute atomic E-state index is 12.6. The van der Waals surface area contributed by atoms with Gasteiger partial charge in [-0.05, 0) is 37.3 Å². The molecule has 1 N–H and O–H groups in total. The summed E-state index contributed by atoms with van der Waals surface area (Å²) in [7, 11) is -0.861. The Balaban J connectivity index is 1.93. The van der Waals surface area contributed by atoms with Crippen molar-refractivity contribution in [1.82, 2.24) is 13.7 Å². The first-order chi connectivity index (χ1) is 12.8. The molecule has 0 fully saturated rings. The van der Waals surface area contributed by atoms with E-state index in [0.717, 1.165) is 4.31 Å². The summed E-state index contributed by atoms with van der Waals surface area (Å²) in [6, 6.07) is 9.95. The van der Waals surface area contributed by atoms with Crippen LogP contribution in [-0.2, 0) is 10.0 Å². The minimum absolute atomic E-state index is 0.0119. The van der Waals surface area contributed by atoms with E-state index in [9.17, 15) is 13.2 Å². The number of sulfonamides is 1. The first-order valence-corrected chi connectivity index (χ1v) is 9.71. The van der Waals surface area contributed by atoms with Crippen molar-refractivity contribution >= 4 is 27.3 Å². The molecule has 27 heavy (non-hydrogen) atoms. The SMILES string of the molecule is CCOc1ccc(NC(=O)c2cn3ccccc3n2)cc1S(=O)(=O)N(C)C. The van der Waals surface area contributed by atoms with Crippen LogP contribution >= 0.6 is 0 Å². The second-order valence-corrected chi connectivity index (χ2v) is 8.05. The fourth-order valence-electron chi connectivity index (χ4n) is 2.50. The summed E-state index contributed by atoms with van der Waals surface area (Å²) in [5.74, 6) is -0.201. The van der Waals surface area contributed by atoms with Crippen molar-refractivity contribution in [3.8, 4) is 5.75 Å². The van der Waals surface area contributed by atoms with Crippen molar-refractivity contribution in [3.05, 3.63) is 54.5 Å².